The zero-order chi connectivity index (χ0) is 17.8. The van der Waals surface area contributed by atoms with Crippen molar-refractivity contribution in [1.29, 1.82) is 0 Å². The van der Waals surface area contributed by atoms with E-state index in [0.717, 1.165) is 31.5 Å². The van der Waals surface area contributed by atoms with Gasteiger partial charge in [0.1, 0.15) is 0 Å². The Morgan fingerprint density at radius 3 is 2.05 bits per heavy atom. The minimum absolute atomic E-state index is 0.121. The smallest absolute Gasteiger partial charge is 0.0801 e. The van der Waals surface area contributed by atoms with Gasteiger partial charge in [-0.3, -0.25) is 0 Å². The number of aliphatic hydroxyl groups is 1. The van der Waals surface area contributed by atoms with Gasteiger partial charge in [0.2, 0.25) is 0 Å². The highest BCUT2D eigenvalue weighted by atomic mass is 16.3. The summed E-state index contributed by atoms with van der Waals surface area (Å²) in [6.45, 7) is 24.0. The van der Waals surface area contributed by atoms with Crippen LogP contribution < -0.4 is 5.32 Å². The molecule has 1 fully saturated rings. The molecule has 1 spiro atoms. The third kappa shape index (κ3) is 4.82. The van der Waals surface area contributed by atoms with Gasteiger partial charge in [0.25, 0.3) is 0 Å². The molecule has 1 aliphatic heterocycles. The Bertz CT molecular complexity index is 346. The predicted octanol–water partition coefficient (Wildman–Crippen LogP) is 5.11. The molecule has 130 valence electrons. The lowest BCUT2D eigenvalue weighted by Crippen LogP contribution is -2.44. The summed E-state index contributed by atoms with van der Waals surface area (Å²) in [6.07, 6.45) is 5.29. The number of rotatable bonds is 2. The fourth-order valence-electron chi connectivity index (χ4n) is 3.37. The van der Waals surface area contributed by atoms with Gasteiger partial charge < -0.3 is 10.4 Å². The summed E-state index contributed by atoms with van der Waals surface area (Å²) in [6, 6.07) is 0. The number of allylic oxidation sites excluding steroid dienone is 2. The van der Waals surface area contributed by atoms with Crippen molar-refractivity contribution in [3.8, 4) is 0 Å². The normalized spacial score (nSPS) is 29.3. The largest absolute Gasteiger partial charge is 0.388 e. The first-order chi connectivity index (χ1) is 10.7. The summed E-state index contributed by atoms with van der Waals surface area (Å²) < 4.78 is 0. The lowest BCUT2D eigenvalue weighted by Gasteiger charge is -2.42. The SMILES string of the molecule is C=CC1=C(C=C)C2(CCNCC2C)CC1O.CC.CC.CC. The Morgan fingerprint density at radius 1 is 1.09 bits per heavy atom. The quantitative estimate of drug-likeness (QED) is 0.742. The molecule has 0 aromatic heterocycles. The van der Waals surface area contributed by atoms with E-state index in [1.165, 1.54) is 5.57 Å². The van der Waals surface area contributed by atoms with Crippen molar-refractivity contribution in [2.75, 3.05) is 13.1 Å². The van der Waals surface area contributed by atoms with Crippen molar-refractivity contribution in [2.24, 2.45) is 11.3 Å². The molecule has 0 bridgehead atoms. The standard InChI is InChI=1S/C14H21NO.3C2H6/c1-4-11-12(5-2)14(8-13(11)16)6-7-15-9-10(14)3;3*1-2/h4-5,10,13,15-16H,1-2,6-9H2,3H3;3*1-2H3. The minimum Gasteiger partial charge on any atom is -0.388 e. The molecule has 2 N–H and O–H groups in total. The summed E-state index contributed by atoms with van der Waals surface area (Å²) in [4.78, 5) is 0. The molecule has 0 amide bonds. The average Bonchev–Trinajstić information content (AvgIpc) is 2.87. The first-order valence-electron chi connectivity index (χ1n) is 9.04. The molecule has 2 aliphatic rings. The van der Waals surface area contributed by atoms with Crippen LogP contribution in [0.1, 0.15) is 61.3 Å². The molecule has 2 heteroatoms. The summed E-state index contributed by atoms with van der Waals surface area (Å²) in [5, 5.41) is 13.5. The lowest BCUT2D eigenvalue weighted by molar-refractivity contribution is 0.110. The Balaban J connectivity index is 0. The van der Waals surface area contributed by atoms with Crippen LogP contribution in [0.4, 0.5) is 0 Å². The van der Waals surface area contributed by atoms with E-state index in [1.54, 1.807) is 6.08 Å². The van der Waals surface area contributed by atoms with Crippen molar-refractivity contribution in [3.05, 3.63) is 36.5 Å². The molecule has 0 aromatic carbocycles. The summed E-state index contributed by atoms with van der Waals surface area (Å²) in [5.74, 6) is 0.543. The Kier molecular flexibility index (Phi) is 13.5. The van der Waals surface area contributed by atoms with Crippen LogP contribution in [0.5, 0.6) is 0 Å². The second kappa shape index (κ2) is 12.7. The lowest BCUT2D eigenvalue weighted by atomic mass is 9.67. The van der Waals surface area contributed by atoms with Gasteiger partial charge >= 0.3 is 0 Å². The maximum atomic E-state index is 10.1. The Morgan fingerprint density at radius 2 is 1.64 bits per heavy atom. The molecule has 2 rings (SSSR count). The van der Waals surface area contributed by atoms with E-state index in [1.807, 2.05) is 47.6 Å². The van der Waals surface area contributed by atoms with E-state index in [0.29, 0.717) is 5.92 Å². The van der Waals surface area contributed by atoms with Crippen molar-refractivity contribution in [2.45, 2.75) is 67.4 Å². The molecule has 0 aromatic rings. The van der Waals surface area contributed by atoms with Gasteiger partial charge in [-0.2, -0.15) is 0 Å². The topological polar surface area (TPSA) is 32.3 Å². The van der Waals surface area contributed by atoms with Gasteiger partial charge in [-0.15, -0.1) is 0 Å². The first kappa shape index (κ1) is 23.4. The van der Waals surface area contributed by atoms with E-state index < -0.39 is 0 Å². The van der Waals surface area contributed by atoms with E-state index in [-0.39, 0.29) is 11.5 Å². The summed E-state index contributed by atoms with van der Waals surface area (Å²) in [5.41, 5.74) is 2.34. The van der Waals surface area contributed by atoms with Gasteiger partial charge in [-0.25, -0.2) is 0 Å². The van der Waals surface area contributed by atoms with Crippen molar-refractivity contribution >= 4 is 0 Å². The average molecular weight is 310 g/mol. The van der Waals surface area contributed by atoms with E-state index in [4.69, 9.17) is 0 Å². The highest BCUT2D eigenvalue weighted by molar-refractivity contribution is 5.45. The number of hydrogen-bond donors (Lipinski definition) is 2. The molecule has 1 saturated heterocycles. The highest BCUT2D eigenvalue weighted by Gasteiger charge is 2.47. The van der Waals surface area contributed by atoms with Crippen LogP contribution in [-0.2, 0) is 0 Å². The number of piperidine rings is 1. The third-order valence-corrected chi connectivity index (χ3v) is 4.33. The van der Waals surface area contributed by atoms with Crippen molar-refractivity contribution < 1.29 is 5.11 Å². The number of nitrogens with one attached hydrogen (secondary N) is 1. The Hall–Kier alpha value is -0.860. The van der Waals surface area contributed by atoms with Gasteiger partial charge in [0, 0.05) is 5.41 Å². The molecular formula is C20H39NO. The van der Waals surface area contributed by atoms with Gasteiger partial charge in [0.05, 0.1) is 6.10 Å². The molecule has 0 saturated carbocycles. The van der Waals surface area contributed by atoms with Gasteiger partial charge in [0.15, 0.2) is 0 Å². The Labute approximate surface area is 139 Å². The summed E-state index contributed by atoms with van der Waals surface area (Å²) >= 11 is 0. The maximum absolute atomic E-state index is 10.1. The number of aliphatic hydroxyl groups excluding tert-OH is 1. The zero-order valence-electron chi connectivity index (χ0n) is 16.0. The molecule has 3 unspecified atom stereocenters. The van der Waals surface area contributed by atoms with Crippen LogP contribution in [-0.4, -0.2) is 24.3 Å². The molecule has 1 aliphatic carbocycles. The third-order valence-electron chi connectivity index (χ3n) is 4.33. The molecule has 22 heavy (non-hydrogen) atoms. The molecule has 1 heterocycles. The predicted molar refractivity (Wildman–Crippen MR) is 101 cm³/mol. The second-order valence-corrected chi connectivity index (χ2v) is 5.01. The highest BCUT2D eigenvalue weighted by Crippen LogP contribution is 2.52. The molecular weight excluding hydrogens is 270 g/mol. The fraction of sp³-hybridized carbons (Fsp3) is 0.700. The van der Waals surface area contributed by atoms with Crippen molar-refractivity contribution in [3.63, 3.8) is 0 Å². The minimum atomic E-state index is -0.356. The molecule has 2 nitrogen and oxygen atoms in total. The maximum Gasteiger partial charge on any atom is 0.0801 e. The second-order valence-electron chi connectivity index (χ2n) is 5.01. The van der Waals surface area contributed by atoms with Gasteiger partial charge in [-0.05, 0) is 43.0 Å². The zero-order valence-corrected chi connectivity index (χ0v) is 16.0. The van der Waals surface area contributed by atoms with Crippen LogP contribution in [0.25, 0.3) is 0 Å². The van der Waals surface area contributed by atoms with E-state index in [9.17, 15) is 5.11 Å². The van der Waals surface area contributed by atoms with Gasteiger partial charge in [-0.1, -0.05) is 73.8 Å². The van der Waals surface area contributed by atoms with Crippen LogP contribution in [0.2, 0.25) is 0 Å². The van der Waals surface area contributed by atoms with Crippen molar-refractivity contribution in [1.82, 2.24) is 5.32 Å². The van der Waals surface area contributed by atoms with Crippen LogP contribution >= 0.6 is 0 Å². The molecule has 0 radical (unpaired) electrons. The van der Waals surface area contributed by atoms with Crippen LogP contribution in [0, 0.1) is 11.3 Å². The molecule has 3 atom stereocenters. The number of hydrogen-bond acceptors (Lipinski definition) is 2. The van der Waals surface area contributed by atoms with E-state index >= 15 is 0 Å². The first-order valence-corrected chi connectivity index (χ1v) is 9.04. The van der Waals surface area contributed by atoms with Crippen LogP contribution in [0.15, 0.2) is 36.5 Å². The van der Waals surface area contributed by atoms with E-state index in [2.05, 4.69) is 25.4 Å². The summed E-state index contributed by atoms with van der Waals surface area (Å²) in [7, 11) is 0. The van der Waals surface area contributed by atoms with Crippen LogP contribution in [0.3, 0.4) is 0 Å². The fourth-order valence-corrected chi connectivity index (χ4v) is 3.37. The monoisotopic (exact) mass is 309 g/mol.